The van der Waals surface area contributed by atoms with Crippen LogP contribution in [-0.2, 0) is 4.79 Å². The molecular weight excluding hydrogens is 353 g/mol. The minimum atomic E-state index is -0.366. The first-order valence-electron chi connectivity index (χ1n) is 6.86. The van der Waals surface area contributed by atoms with Gasteiger partial charge in [-0.3, -0.25) is 10.1 Å². The molecular formula is C16H11ClFN3O2S. The van der Waals surface area contributed by atoms with Gasteiger partial charge < -0.3 is 4.74 Å². The van der Waals surface area contributed by atoms with Crippen molar-refractivity contribution in [3.8, 4) is 17.0 Å². The van der Waals surface area contributed by atoms with Gasteiger partial charge in [-0.2, -0.15) is 0 Å². The highest BCUT2D eigenvalue weighted by Crippen LogP contribution is 2.25. The highest BCUT2D eigenvalue weighted by molar-refractivity contribution is 7.14. The quantitative estimate of drug-likeness (QED) is 0.695. The maximum Gasteiger partial charge on any atom is 0.264 e. The number of aromatic nitrogens is 2. The number of amides is 1. The SMILES string of the molecule is O=C(COc1cccnc1Cl)Nc1nc(-c2ccc(F)cc2)cs1. The van der Waals surface area contributed by atoms with E-state index in [1.807, 2.05) is 0 Å². The van der Waals surface area contributed by atoms with E-state index in [2.05, 4.69) is 15.3 Å². The molecule has 0 aliphatic heterocycles. The normalized spacial score (nSPS) is 10.4. The topological polar surface area (TPSA) is 64.1 Å². The van der Waals surface area contributed by atoms with Crippen molar-refractivity contribution in [2.75, 3.05) is 11.9 Å². The lowest BCUT2D eigenvalue weighted by atomic mass is 10.2. The summed E-state index contributed by atoms with van der Waals surface area (Å²) in [6, 6.07) is 9.26. The summed E-state index contributed by atoms with van der Waals surface area (Å²) < 4.78 is 18.2. The molecule has 0 aliphatic carbocycles. The van der Waals surface area contributed by atoms with Crippen molar-refractivity contribution < 1.29 is 13.9 Å². The molecule has 122 valence electrons. The lowest BCUT2D eigenvalue weighted by Crippen LogP contribution is -2.20. The van der Waals surface area contributed by atoms with E-state index in [0.717, 1.165) is 5.56 Å². The summed E-state index contributed by atoms with van der Waals surface area (Å²) in [4.78, 5) is 20.1. The Kier molecular flexibility index (Phi) is 5.02. The molecule has 0 saturated heterocycles. The molecule has 2 aromatic heterocycles. The first kappa shape index (κ1) is 16.4. The summed E-state index contributed by atoms with van der Waals surface area (Å²) in [5.74, 6) is -0.343. The zero-order valence-electron chi connectivity index (χ0n) is 12.2. The van der Waals surface area contributed by atoms with Gasteiger partial charge >= 0.3 is 0 Å². The molecule has 5 nitrogen and oxygen atoms in total. The Hall–Kier alpha value is -2.51. The first-order chi connectivity index (χ1) is 11.6. The van der Waals surface area contributed by atoms with Crippen LogP contribution in [0.2, 0.25) is 5.15 Å². The minimum absolute atomic E-state index is 0.193. The lowest BCUT2D eigenvalue weighted by Gasteiger charge is -2.06. The standard InChI is InChI=1S/C16H11ClFN3O2S/c17-15-13(2-1-7-19-15)23-8-14(22)21-16-20-12(9-24-16)10-3-5-11(18)6-4-10/h1-7,9H,8H2,(H,20,21,22). The second kappa shape index (κ2) is 7.37. The monoisotopic (exact) mass is 363 g/mol. The van der Waals surface area contributed by atoms with Gasteiger partial charge in [-0.15, -0.1) is 11.3 Å². The number of carbonyl (C=O) groups is 1. The number of nitrogens with one attached hydrogen (secondary N) is 1. The number of pyridine rings is 1. The first-order valence-corrected chi connectivity index (χ1v) is 8.12. The Morgan fingerprint density at radius 1 is 1.29 bits per heavy atom. The number of hydrogen-bond acceptors (Lipinski definition) is 5. The fraction of sp³-hybridized carbons (Fsp3) is 0.0625. The maximum absolute atomic E-state index is 12.9. The van der Waals surface area contributed by atoms with Crippen molar-refractivity contribution in [1.82, 2.24) is 9.97 Å². The van der Waals surface area contributed by atoms with Crippen LogP contribution < -0.4 is 10.1 Å². The summed E-state index contributed by atoms with van der Waals surface area (Å²) in [7, 11) is 0. The van der Waals surface area contributed by atoms with Crippen molar-refractivity contribution in [2.45, 2.75) is 0 Å². The number of nitrogens with zero attached hydrogens (tertiary/aromatic N) is 2. The van der Waals surface area contributed by atoms with E-state index in [4.69, 9.17) is 16.3 Å². The van der Waals surface area contributed by atoms with Gasteiger partial charge in [-0.1, -0.05) is 11.6 Å². The summed E-state index contributed by atoms with van der Waals surface area (Å²) in [5.41, 5.74) is 1.43. The molecule has 0 saturated carbocycles. The van der Waals surface area contributed by atoms with E-state index < -0.39 is 0 Å². The molecule has 0 spiro atoms. The van der Waals surface area contributed by atoms with Crippen LogP contribution in [0.1, 0.15) is 0 Å². The highest BCUT2D eigenvalue weighted by atomic mass is 35.5. The van der Waals surface area contributed by atoms with E-state index in [-0.39, 0.29) is 23.5 Å². The highest BCUT2D eigenvalue weighted by Gasteiger charge is 2.10. The Bertz CT molecular complexity index is 855. The molecule has 3 aromatic rings. The number of carbonyl (C=O) groups excluding carboxylic acids is 1. The van der Waals surface area contributed by atoms with Gasteiger partial charge in [-0.25, -0.2) is 14.4 Å². The molecule has 8 heteroatoms. The van der Waals surface area contributed by atoms with E-state index in [9.17, 15) is 9.18 Å². The largest absolute Gasteiger partial charge is 0.481 e. The van der Waals surface area contributed by atoms with Crippen LogP contribution in [-0.4, -0.2) is 22.5 Å². The van der Waals surface area contributed by atoms with Gasteiger partial charge in [0.25, 0.3) is 5.91 Å². The van der Waals surface area contributed by atoms with Crippen molar-refractivity contribution in [3.05, 3.63) is 58.9 Å². The molecule has 1 amide bonds. The van der Waals surface area contributed by atoms with Crippen molar-refractivity contribution in [2.24, 2.45) is 0 Å². The number of ether oxygens (including phenoxy) is 1. The second-order valence-corrected chi connectivity index (χ2v) is 5.89. The van der Waals surface area contributed by atoms with Gasteiger partial charge in [0.2, 0.25) is 0 Å². The molecule has 3 rings (SSSR count). The smallest absolute Gasteiger partial charge is 0.264 e. The number of hydrogen-bond donors (Lipinski definition) is 1. The Morgan fingerprint density at radius 2 is 2.08 bits per heavy atom. The Balaban J connectivity index is 1.59. The molecule has 1 N–H and O–H groups in total. The van der Waals surface area contributed by atoms with Crippen molar-refractivity contribution in [3.63, 3.8) is 0 Å². The van der Waals surface area contributed by atoms with Crippen molar-refractivity contribution in [1.29, 1.82) is 0 Å². The minimum Gasteiger partial charge on any atom is -0.481 e. The predicted molar refractivity (Wildman–Crippen MR) is 90.9 cm³/mol. The van der Waals surface area contributed by atoms with E-state index in [0.29, 0.717) is 16.6 Å². The molecule has 0 fully saturated rings. The number of anilines is 1. The van der Waals surface area contributed by atoms with E-state index in [1.165, 1.54) is 29.7 Å². The van der Waals surface area contributed by atoms with Crippen molar-refractivity contribution >= 4 is 34.0 Å². The molecule has 1 aromatic carbocycles. The molecule has 0 aliphatic rings. The Labute approximate surface area is 146 Å². The van der Waals surface area contributed by atoms with Gasteiger partial charge in [0.05, 0.1) is 5.69 Å². The molecule has 0 unspecified atom stereocenters. The predicted octanol–water partition coefficient (Wildman–Crippen LogP) is 4.02. The molecule has 0 radical (unpaired) electrons. The van der Waals surface area contributed by atoms with E-state index in [1.54, 1.807) is 29.6 Å². The summed E-state index contributed by atoms with van der Waals surface area (Å²) in [6.45, 7) is -0.211. The zero-order chi connectivity index (χ0) is 16.9. The van der Waals surface area contributed by atoms with Crippen LogP contribution in [0.5, 0.6) is 5.75 Å². The summed E-state index contributed by atoms with van der Waals surface area (Å²) in [6.07, 6.45) is 1.53. The van der Waals surface area contributed by atoms with Crippen LogP contribution in [0.25, 0.3) is 11.3 Å². The van der Waals surface area contributed by atoms with Gasteiger partial charge in [0.15, 0.2) is 22.6 Å². The zero-order valence-corrected chi connectivity index (χ0v) is 13.8. The number of thiazole rings is 1. The van der Waals surface area contributed by atoms with Crippen LogP contribution >= 0.6 is 22.9 Å². The van der Waals surface area contributed by atoms with E-state index >= 15 is 0 Å². The van der Waals surface area contributed by atoms with Crippen LogP contribution in [0.3, 0.4) is 0 Å². The average molecular weight is 364 g/mol. The summed E-state index contributed by atoms with van der Waals surface area (Å²) in [5, 5.41) is 5.04. The fourth-order valence-electron chi connectivity index (χ4n) is 1.86. The number of halogens is 2. The molecule has 0 atom stereocenters. The third kappa shape index (κ3) is 4.06. The van der Waals surface area contributed by atoms with Crippen LogP contribution in [0, 0.1) is 5.82 Å². The van der Waals surface area contributed by atoms with Crippen LogP contribution in [0.15, 0.2) is 48.0 Å². The average Bonchev–Trinajstić information content (AvgIpc) is 3.03. The van der Waals surface area contributed by atoms with Gasteiger partial charge in [-0.05, 0) is 36.4 Å². The van der Waals surface area contributed by atoms with Crippen LogP contribution in [0.4, 0.5) is 9.52 Å². The number of rotatable bonds is 5. The van der Waals surface area contributed by atoms with Gasteiger partial charge in [0.1, 0.15) is 5.82 Å². The number of benzene rings is 1. The third-order valence-corrected chi connectivity index (χ3v) is 4.02. The Morgan fingerprint density at radius 3 is 2.83 bits per heavy atom. The fourth-order valence-corrected chi connectivity index (χ4v) is 2.77. The summed E-state index contributed by atoms with van der Waals surface area (Å²) >= 11 is 7.12. The lowest BCUT2D eigenvalue weighted by molar-refractivity contribution is -0.118. The maximum atomic E-state index is 12.9. The molecule has 24 heavy (non-hydrogen) atoms. The molecule has 0 bridgehead atoms. The van der Waals surface area contributed by atoms with Gasteiger partial charge in [0, 0.05) is 17.1 Å². The molecule has 2 heterocycles. The third-order valence-electron chi connectivity index (χ3n) is 2.97. The second-order valence-electron chi connectivity index (χ2n) is 4.67.